The molecule has 1 unspecified atom stereocenters. The minimum Gasteiger partial charge on any atom is -0.483 e. The molecule has 7 nitrogen and oxygen atoms in total. The summed E-state index contributed by atoms with van der Waals surface area (Å²) in [5.74, 6) is 1.23. The van der Waals surface area contributed by atoms with Gasteiger partial charge in [-0.3, -0.25) is 4.79 Å². The van der Waals surface area contributed by atoms with Crippen molar-refractivity contribution in [2.45, 2.75) is 65.7 Å². The average Bonchev–Trinajstić information content (AvgIpc) is 3.27. The number of aromatic nitrogens is 3. The van der Waals surface area contributed by atoms with Crippen molar-refractivity contribution in [3.8, 4) is 0 Å². The maximum Gasteiger partial charge on any atom is 0.290 e. The molecule has 0 aliphatic heterocycles. The molecule has 1 saturated carbocycles. The molecule has 0 saturated heterocycles. The summed E-state index contributed by atoms with van der Waals surface area (Å²) >= 11 is 1.85. The van der Waals surface area contributed by atoms with Gasteiger partial charge >= 0.3 is 0 Å². The van der Waals surface area contributed by atoms with Gasteiger partial charge in [0.1, 0.15) is 0 Å². The van der Waals surface area contributed by atoms with Crippen LogP contribution in [0.25, 0.3) is 5.57 Å². The second-order valence-corrected chi connectivity index (χ2v) is 9.28. The standard InChI is InChI=1S/C22H30N4S.CH2O2.CH4O/c1-5-8-18(26-21-23-11-7-12-24-21)13-16(2)19-15-25-20(27-19)17-9-6-10-22(3,4)14-17;2-1-3;1-2/h7-8,11-13,15,17H,5-6,9-10,14H2,1-4H3,(H,23,24,26);1H,(H,2,3);2H,1H3/b16-13+,18-8+;;. The molecule has 0 spiro atoms. The molecule has 2 aromatic heterocycles. The summed E-state index contributed by atoms with van der Waals surface area (Å²) in [7, 11) is 1.00. The first-order chi connectivity index (χ1) is 15.4. The molecule has 176 valence electrons. The number of nitrogens with zero attached hydrogens (tertiary/aromatic N) is 3. The van der Waals surface area contributed by atoms with Crippen LogP contribution >= 0.6 is 11.3 Å². The van der Waals surface area contributed by atoms with Gasteiger partial charge in [0.25, 0.3) is 6.47 Å². The van der Waals surface area contributed by atoms with Gasteiger partial charge < -0.3 is 15.5 Å². The fraction of sp³-hybridized carbons (Fsp3) is 0.500. The number of hydrogen-bond acceptors (Lipinski definition) is 7. The summed E-state index contributed by atoms with van der Waals surface area (Å²) < 4.78 is 0. The number of hydrogen-bond donors (Lipinski definition) is 3. The van der Waals surface area contributed by atoms with Crippen molar-refractivity contribution in [2.75, 3.05) is 12.4 Å². The molecule has 1 fully saturated rings. The molecule has 1 atom stereocenters. The van der Waals surface area contributed by atoms with E-state index >= 15 is 0 Å². The van der Waals surface area contributed by atoms with Crippen molar-refractivity contribution in [1.29, 1.82) is 0 Å². The molecule has 8 heteroatoms. The van der Waals surface area contributed by atoms with E-state index in [-0.39, 0.29) is 6.47 Å². The Morgan fingerprint density at radius 3 is 2.53 bits per heavy atom. The molecule has 3 rings (SSSR count). The lowest BCUT2D eigenvalue weighted by Crippen LogP contribution is -2.21. The van der Waals surface area contributed by atoms with Crippen molar-refractivity contribution in [3.05, 3.63) is 52.4 Å². The maximum absolute atomic E-state index is 8.36. The second kappa shape index (κ2) is 14.5. The zero-order chi connectivity index (χ0) is 24.0. The van der Waals surface area contributed by atoms with Gasteiger partial charge in [-0.25, -0.2) is 15.0 Å². The number of carbonyl (C=O) groups is 1. The predicted molar refractivity (Wildman–Crippen MR) is 132 cm³/mol. The van der Waals surface area contributed by atoms with Crippen LogP contribution in [0.4, 0.5) is 5.95 Å². The molecule has 1 aliphatic carbocycles. The fourth-order valence-corrected chi connectivity index (χ4v) is 4.75. The lowest BCUT2D eigenvalue weighted by atomic mass is 9.72. The lowest BCUT2D eigenvalue weighted by molar-refractivity contribution is -0.122. The Labute approximate surface area is 195 Å². The van der Waals surface area contributed by atoms with Crippen LogP contribution in [0.3, 0.4) is 0 Å². The molecule has 2 aromatic rings. The number of allylic oxidation sites excluding steroid dienone is 3. The Balaban J connectivity index is 0.000000944. The van der Waals surface area contributed by atoms with Crippen molar-refractivity contribution in [2.24, 2.45) is 5.41 Å². The van der Waals surface area contributed by atoms with Gasteiger partial charge in [-0.2, -0.15) is 0 Å². The summed E-state index contributed by atoms with van der Waals surface area (Å²) in [4.78, 5) is 22.9. The maximum atomic E-state index is 8.36. The first kappa shape index (κ1) is 27.5. The minimum absolute atomic E-state index is 0.250. The van der Waals surface area contributed by atoms with E-state index in [1.807, 2.05) is 23.6 Å². The van der Waals surface area contributed by atoms with E-state index in [9.17, 15) is 0 Å². The Morgan fingerprint density at radius 2 is 1.94 bits per heavy atom. The number of nitrogens with one attached hydrogen (secondary N) is 1. The third-order valence-electron chi connectivity index (χ3n) is 5.08. The van der Waals surface area contributed by atoms with Crippen LogP contribution in [-0.2, 0) is 4.79 Å². The van der Waals surface area contributed by atoms with Gasteiger partial charge in [0.15, 0.2) is 0 Å². The van der Waals surface area contributed by atoms with Gasteiger partial charge in [0, 0.05) is 37.3 Å². The van der Waals surface area contributed by atoms with E-state index in [4.69, 9.17) is 20.0 Å². The monoisotopic (exact) mass is 460 g/mol. The molecule has 0 amide bonds. The van der Waals surface area contributed by atoms with E-state index in [0.717, 1.165) is 19.2 Å². The SMILES string of the molecule is CC/C=C(\C=C(/C)c1cnc(C2CCCC(C)(C)C2)s1)Nc1ncccn1.CO.O=CO. The molecule has 0 bridgehead atoms. The van der Waals surface area contributed by atoms with Crippen molar-refractivity contribution in [1.82, 2.24) is 15.0 Å². The van der Waals surface area contributed by atoms with Crippen LogP contribution in [0.15, 0.2) is 42.5 Å². The van der Waals surface area contributed by atoms with Gasteiger partial charge in [-0.05, 0) is 55.7 Å². The van der Waals surface area contributed by atoms with Gasteiger partial charge in [-0.15, -0.1) is 11.3 Å². The van der Waals surface area contributed by atoms with E-state index in [1.54, 1.807) is 12.4 Å². The Bertz CT molecular complexity index is 863. The Hall–Kier alpha value is -2.58. The van der Waals surface area contributed by atoms with Gasteiger partial charge in [0.2, 0.25) is 5.95 Å². The summed E-state index contributed by atoms with van der Waals surface area (Å²) in [6, 6.07) is 1.82. The van der Waals surface area contributed by atoms with Crippen LogP contribution in [-0.4, -0.2) is 38.7 Å². The molecular formula is C24H36N4O3S. The van der Waals surface area contributed by atoms with Crippen molar-refractivity contribution in [3.63, 3.8) is 0 Å². The smallest absolute Gasteiger partial charge is 0.290 e. The number of rotatable bonds is 6. The Kier molecular flexibility index (Phi) is 12.4. The van der Waals surface area contributed by atoms with Crippen LogP contribution in [0.5, 0.6) is 0 Å². The largest absolute Gasteiger partial charge is 0.483 e. The average molecular weight is 461 g/mol. The van der Waals surface area contributed by atoms with Crippen LogP contribution in [0.1, 0.15) is 75.6 Å². The number of aliphatic hydroxyl groups excluding tert-OH is 1. The molecule has 0 aromatic carbocycles. The molecule has 0 radical (unpaired) electrons. The molecule has 1 aliphatic rings. The van der Waals surface area contributed by atoms with Crippen molar-refractivity contribution < 1.29 is 15.0 Å². The topological polar surface area (TPSA) is 108 Å². The summed E-state index contributed by atoms with van der Waals surface area (Å²) in [6.45, 7) is 8.81. The normalized spacial score (nSPS) is 17.9. The number of aliphatic hydroxyl groups is 1. The summed E-state index contributed by atoms with van der Waals surface area (Å²) in [5.41, 5.74) is 2.68. The molecule has 2 heterocycles. The number of anilines is 1. The third kappa shape index (κ3) is 9.28. The minimum atomic E-state index is -0.250. The van der Waals surface area contributed by atoms with E-state index < -0.39 is 0 Å². The molecular weight excluding hydrogens is 424 g/mol. The predicted octanol–water partition coefficient (Wildman–Crippen LogP) is 5.74. The summed E-state index contributed by atoms with van der Waals surface area (Å²) in [5, 5.41) is 18.5. The highest BCUT2D eigenvalue weighted by Gasteiger charge is 2.30. The van der Waals surface area contributed by atoms with Gasteiger partial charge in [-0.1, -0.05) is 33.3 Å². The highest BCUT2D eigenvalue weighted by Crippen LogP contribution is 2.44. The highest BCUT2D eigenvalue weighted by atomic mass is 32.1. The summed E-state index contributed by atoms with van der Waals surface area (Å²) in [6.07, 6.45) is 16.0. The highest BCUT2D eigenvalue weighted by molar-refractivity contribution is 7.12. The molecule has 3 N–H and O–H groups in total. The third-order valence-corrected chi connectivity index (χ3v) is 6.38. The Morgan fingerprint density at radius 1 is 1.28 bits per heavy atom. The van der Waals surface area contributed by atoms with E-state index in [2.05, 4.69) is 55.1 Å². The van der Waals surface area contributed by atoms with Crippen LogP contribution < -0.4 is 5.32 Å². The van der Waals surface area contributed by atoms with E-state index in [1.165, 1.54) is 41.1 Å². The fourth-order valence-electron chi connectivity index (χ4n) is 3.73. The zero-order valence-electron chi connectivity index (χ0n) is 19.7. The van der Waals surface area contributed by atoms with Crippen LogP contribution in [0, 0.1) is 5.41 Å². The zero-order valence-corrected chi connectivity index (χ0v) is 20.5. The van der Waals surface area contributed by atoms with Crippen LogP contribution in [0.2, 0.25) is 0 Å². The second-order valence-electron chi connectivity index (χ2n) is 8.22. The number of thiazole rings is 1. The van der Waals surface area contributed by atoms with E-state index in [0.29, 0.717) is 17.3 Å². The lowest BCUT2D eigenvalue weighted by Gasteiger charge is -2.34. The molecule has 32 heavy (non-hydrogen) atoms. The van der Waals surface area contributed by atoms with Gasteiger partial charge in [0.05, 0.1) is 9.88 Å². The number of carboxylic acid groups (broad SMARTS) is 1. The first-order valence-corrected chi connectivity index (χ1v) is 11.6. The first-order valence-electron chi connectivity index (χ1n) is 10.8. The van der Waals surface area contributed by atoms with Crippen molar-refractivity contribution >= 4 is 29.3 Å². The quantitative estimate of drug-likeness (QED) is 0.373.